The van der Waals surface area contributed by atoms with Crippen molar-refractivity contribution in [3.8, 4) is 12.1 Å². The summed E-state index contributed by atoms with van der Waals surface area (Å²) in [6.07, 6.45) is 3.24. The van der Waals surface area contributed by atoms with Crippen LogP contribution in [-0.2, 0) is 16.6 Å². The Hall–Kier alpha value is -2.74. The fraction of sp³-hybridized carbons (Fsp3) is 0.188. The first kappa shape index (κ1) is 16.6. The molecule has 1 aromatic heterocycles. The summed E-state index contributed by atoms with van der Waals surface area (Å²) < 4.78 is 26.9. The van der Waals surface area contributed by atoms with E-state index in [9.17, 15) is 8.42 Å². The highest BCUT2D eigenvalue weighted by atomic mass is 32.2. The molecule has 2 aromatic rings. The zero-order valence-electron chi connectivity index (χ0n) is 12.3. The third-order valence-electron chi connectivity index (χ3n) is 3.18. The summed E-state index contributed by atoms with van der Waals surface area (Å²) in [6.45, 7) is 0.144. The zero-order chi connectivity index (χ0) is 16.7. The molecular weight excluding hydrogens is 312 g/mol. The van der Waals surface area contributed by atoms with Crippen molar-refractivity contribution < 1.29 is 8.42 Å². The van der Waals surface area contributed by atoms with Gasteiger partial charge in [-0.25, -0.2) is 8.42 Å². The van der Waals surface area contributed by atoms with Crippen molar-refractivity contribution in [2.75, 3.05) is 6.54 Å². The number of hydrogen-bond acceptors (Lipinski definition) is 5. The van der Waals surface area contributed by atoms with Crippen LogP contribution in [0, 0.1) is 22.7 Å². The second-order valence-corrected chi connectivity index (χ2v) is 6.62. The molecule has 0 spiro atoms. The van der Waals surface area contributed by atoms with Crippen LogP contribution in [-0.4, -0.2) is 24.3 Å². The van der Waals surface area contributed by atoms with Crippen molar-refractivity contribution in [3.05, 3.63) is 59.9 Å². The Morgan fingerprint density at radius 2 is 1.91 bits per heavy atom. The summed E-state index contributed by atoms with van der Waals surface area (Å²) in [5.74, 6) is 0. The first-order valence-electron chi connectivity index (χ1n) is 6.84. The largest absolute Gasteiger partial charge is 0.264 e. The highest BCUT2D eigenvalue weighted by Gasteiger charge is 2.26. The van der Waals surface area contributed by atoms with Crippen molar-refractivity contribution in [1.29, 1.82) is 10.5 Å². The summed E-state index contributed by atoms with van der Waals surface area (Å²) in [4.78, 5) is 3.92. The van der Waals surface area contributed by atoms with Crippen LogP contribution in [0.4, 0.5) is 0 Å². The maximum absolute atomic E-state index is 12.9. The maximum Gasteiger partial charge on any atom is 0.244 e. The van der Waals surface area contributed by atoms with E-state index in [-0.39, 0.29) is 30.0 Å². The molecule has 0 N–H and O–H groups in total. The van der Waals surface area contributed by atoms with Crippen molar-refractivity contribution in [3.63, 3.8) is 0 Å². The molecule has 2 rings (SSSR count). The molecule has 7 heteroatoms. The minimum Gasteiger partial charge on any atom is -0.264 e. The first-order chi connectivity index (χ1) is 11.1. The lowest BCUT2D eigenvalue weighted by Crippen LogP contribution is -2.32. The quantitative estimate of drug-likeness (QED) is 0.809. The van der Waals surface area contributed by atoms with Gasteiger partial charge in [0.05, 0.1) is 16.5 Å². The highest BCUT2D eigenvalue weighted by molar-refractivity contribution is 7.89. The predicted molar refractivity (Wildman–Crippen MR) is 83.2 cm³/mol. The van der Waals surface area contributed by atoms with Crippen LogP contribution in [0.5, 0.6) is 0 Å². The van der Waals surface area contributed by atoms with Gasteiger partial charge in [-0.05, 0) is 23.8 Å². The Bertz CT molecular complexity index is 852. The second-order valence-electron chi connectivity index (χ2n) is 4.72. The van der Waals surface area contributed by atoms with Gasteiger partial charge in [-0.2, -0.15) is 14.8 Å². The predicted octanol–water partition coefficient (Wildman–Crippen LogP) is 2.06. The van der Waals surface area contributed by atoms with E-state index < -0.39 is 10.0 Å². The molecular formula is C16H14N4O2S. The standard InChI is InChI=1S/C16H14N4O2S/c17-8-4-10-20(13-14-5-3-9-19-12-14)23(21,22)16-7-2-1-6-15(16)11-18/h1-3,5-7,9,12H,4,10,13H2. The fourth-order valence-corrected chi connectivity index (χ4v) is 3.65. The summed E-state index contributed by atoms with van der Waals surface area (Å²) in [6, 6.07) is 13.4. The molecule has 0 unspecified atom stereocenters. The number of aromatic nitrogens is 1. The van der Waals surface area contributed by atoms with Gasteiger partial charge in [0.2, 0.25) is 10.0 Å². The number of nitriles is 2. The topological polar surface area (TPSA) is 97.8 Å². The Kier molecular flexibility index (Phi) is 5.42. The first-order valence-corrected chi connectivity index (χ1v) is 8.28. The van der Waals surface area contributed by atoms with Crippen molar-refractivity contribution in [2.45, 2.75) is 17.9 Å². The maximum atomic E-state index is 12.9. The molecule has 0 aliphatic rings. The number of sulfonamides is 1. The van der Waals surface area contributed by atoms with Gasteiger partial charge < -0.3 is 0 Å². The van der Waals surface area contributed by atoms with Gasteiger partial charge in [-0.3, -0.25) is 4.98 Å². The van der Waals surface area contributed by atoms with Crippen LogP contribution in [0.25, 0.3) is 0 Å². The van der Waals surface area contributed by atoms with Crippen LogP contribution >= 0.6 is 0 Å². The van der Waals surface area contributed by atoms with E-state index in [0.717, 1.165) is 0 Å². The van der Waals surface area contributed by atoms with Crippen molar-refractivity contribution in [1.82, 2.24) is 9.29 Å². The minimum atomic E-state index is -3.88. The molecule has 0 saturated carbocycles. The Morgan fingerprint density at radius 1 is 1.13 bits per heavy atom. The summed E-state index contributed by atoms with van der Waals surface area (Å²) in [5.41, 5.74) is 0.795. The Balaban J connectivity index is 2.41. The van der Waals surface area contributed by atoms with E-state index >= 15 is 0 Å². The molecule has 0 fully saturated rings. The van der Waals surface area contributed by atoms with Crippen molar-refractivity contribution in [2.24, 2.45) is 0 Å². The average molecular weight is 326 g/mol. The van der Waals surface area contributed by atoms with E-state index in [1.165, 1.54) is 16.4 Å². The molecule has 0 atom stereocenters. The van der Waals surface area contributed by atoms with Gasteiger partial charge in [0.15, 0.2) is 0 Å². The minimum absolute atomic E-state index is 0.0491. The highest BCUT2D eigenvalue weighted by Crippen LogP contribution is 2.21. The molecule has 23 heavy (non-hydrogen) atoms. The zero-order valence-corrected chi connectivity index (χ0v) is 13.1. The molecule has 116 valence electrons. The van der Waals surface area contributed by atoms with E-state index in [4.69, 9.17) is 10.5 Å². The van der Waals surface area contributed by atoms with Crippen LogP contribution in [0.2, 0.25) is 0 Å². The average Bonchev–Trinajstić information content (AvgIpc) is 2.59. The monoisotopic (exact) mass is 326 g/mol. The molecule has 1 heterocycles. The van der Waals surface area contributed by atoms with Gasteiger partial charge in [0.25, 0.3) is 0 Å². The van der Waals surface area contributed by atoms with Gasteiger partial charge in [0, 0.05) is 31.9 Å². The van der Waals surface area contributed by atoms with Gasteiger partial charge in [-0.15, -0.1) is 0 Å². The van der Waals surface area contributed by atoms with E-state index in [0.29, 0.717) is 5.56 Å². The molecule has 0 bridgehead atoms. The van der Waals surface area contributed by atoms with E-state index in [1.54, 1.807) is 36.7 Å². The van der Waals surface area contributed by atoms with Gasteiger partial charge >= 0.3 is 0 Å². The summed E-state index contributed by atoms with van der Waals surface area (Å²) in [7, 11) is -3.88. The third kappa shape index (κ3) is 3.92. The van der Waals surface area contributed by atoms with Crippen LogP contribution in [0.1, 0.15) is 17.5 Å². The molecule has 6 nitrogen and oxygen atoms in total. The SMILES string of the molecule is N#CCCN(Cc1cccnc1)S(=O)(=O)c1ccccc1C#N. The Labute approximate surface area is 135 Å². The number of hydrogen-bond donors (Lipinski definition) is 0. The second kappa shape index (κ2) is 7.50. The third-order valence-corrected chi connectivity index (χ3v) is 5.08. The summed E-state index contributed by atoms with van der Waals surface area (Å²) >= 11 is 0. The molecule has 0 radical (unpaired) electrons. The van der Waals surface area contributed by atoms with Crippen molar-refractivity contribution >= 4 is 10.0 Å². The number of rotatable bonds is 6. The fourth-order valence-electron chi connectivity index (χ4n) is 2.08. The number of benzene rings is 1. The molecule has 0 aliphatic carbocycles. The number of nitrogens with zero attached hydrogens (tertiary/aromatic N) is 4. The lowest BCUT2D eigenvalue weighted by Gasteiger charge is -2.21. The Morgan fingerprint density at radius 3 is 2.57 bits per heavy atom. The van der Waals surface area contributed by atoms with Crippen LogP contribution < -0.4 is 0 Å². The molecule has 0 amide bonds. The van der Waals surface area contributed by atoms with E-state index in [2.05, 4.69) is 4.98 Å². The number of pyridine rings is 1. The lowest BCUT2D eigenvalue weighted by molar-refractivity contribution is 0.412. The van der Waals surface area contributed by atoms with E-state index in [1.807, 2.05) is 12.1 Å². The molecule has 1 aromatic carbocycles. The molecule has 0 saturated heterocycles. The van der Waals surface area contributed by atoms with Gasteiger partial charge in [-0.1, -0.05) is 18.2 Å². The smallest absolute Gasteiger partial charge is 0.244 e. The normalized spacial score (nSPS) is 10.9. The van der Waals surface area contributed by atoms with Crippen LogP contribution in [0.3, 0.4) is 0 Å². The van der Waals surface area contributed by atoms with Gasteiger partial charge in [0.1, 0.15) is 6.07 Å². The molecule has 0 aliphatic heterocycles. The van der Waals surface area contributed by atoms with Crippen LogP contribution in [0.15, 0.2) is 53.7 Å². The summed E-state index contributed by atoms with van der Waals surface area (Å²) in [5, 5.41) is 17.9. The lowest BCUT2D eigenvalue weighted by atomic mass is 10.2.